The SMILES string of the molecule is O=C1CCC(=O)N1[C@@H]1COC(CO)C(O)C1O. The van der Waals surface area contributed by atoms with Crippen molar-refractivity contribution >= 4 is 11.8 Å². The Kier molecular flexibility index (Phi) is 3.43. The van der Waals surface area contributed by atoms with E-state index in [1.165, 1.54) is 0 Å². The van der Waals surface area contributed by atoms with E-state index in [0.29, 0.717) is 0 Å². The third-order valence-electron chi connectivity index (χ3n) is 3.21. The maximum atomic E-state index is 11.5. The van der Waals surface area contributed by atoms with Crippen molar-refractivity contribution in [2.45, 2.75) is 37.2 Å². The second-order valence-electron chi connectivity index (χ2n) is 4.26. The van der Waals surface area contributed by atoms with E-state index in [2.05, 4.69) is 0 Å². The van der Waals surface area contributed by atoms with Crippen molar-refractivity contribution in [1.29, 1.82) is 0 Å². The molecule has 0 spiro atoms. The first-order valence-electron chi connectivity index (χ1n) is 5.49. The summed E-state index contributed by atoms with van der Waals surface area (Å²) in [6.07, 6.45) is -3.22. The van der Waals surface area contributed by atoms with Crippen LogP contribution in [0.1, 0.15) is 12.8 Å². The maximum Gasteiger partial charge on any atom is 0.230 e. The molecule has 2 aliphatic rings. The average molecular weight is 245 g/mol. The Labute approximate surface area is 97.6 Å². The summed E-state index contributed by atoms with van der Waals surface area (Å²) in [6.45, 7) is -0.492. The Bertz CT molecular complexity index is 317. The van der Waals surface area contributed by atoms with Gasteiger partial charge in [-0.1, -0.05) is 0 Å². The molecule has 0 aromatic rings. The van der Waals surface area contributed by atoms with Crippen LogP contribution in [0.5, 0.6) is 0 Å². The lowest BCUT2D eigenvalue weighted by atomic mass is 9.97. The van der Waals surface area contributed by atoms with Crippen molar-refractivity contribution in [2.75, 3.05) is 13.2 Å². The van der Waals surface area contributed by atoms with Gasteiger partial charge >= 0.3 is 0 Å². The van der Waals surface area contributed by atoms with Crippen LogP contribution in [-0.4, -0.2) is 69.6 Å². The molecular weight excluding hydrogens is 230 g/mol. The zero-order valence-electron chi connectivity index (χ0n) is 9.15. The minimum Gasteiger partial charge on any atom is -0.394 e. The third-order valence-corrected chi connectivity index (χ3v) is 3.21. The molecule has 0 radical (unpaired) electrons. The highest BCUT2D eigenvalue weighted by atomic mass is 16.5. The molecule has 0 saturated carbocycles. The summed E-state index contributed by atoms with van der Waals surface area (Å²) in [7, 11) is 0. The number of rotatable bonds is 2. The molecule has 2 heterocycles. The van der Waals surface area contributed by atoms with Gasteiger partial charge in [0.15, 0.2) is 0 Å². The summed E-state index contributed by atoms with van der Waals surface area (Å²) >= 11 is 0. The van der Waals surface area contributed by atoms with Crippen molar-refractivity contribution in [1.82, 2.24) is 4.90 Å². The molecule has 3 N–H and O–H groups in total. The quantitative estimate of drug-likeness (QED) is 0.469. The first kappa shape index (κ1) is 12.4. The van der Waals surface area contributed by atoms with Gasteiger partial charge in [-0.15, -0.1) is 0 Å². The first-order valence-corrected chi connectivity index (χ1v) is 5.49. The highest BCUT2D eigenvalue weighted by molar-refractivity contribution is 6.02. The molecule has 2 fully saturated rings. The number of aliphatic hydroxyl groups excluding tert-OH is 3. The monoisotopic (exact) mass is 245 g/mol. The summed E-state index contributed by atoms with van der Waals surface area (Å²) in [4.78, 5) is 23.9. The van der Waals surface area contributed by atoms with E-state index < -0.39 is 31.0 Å². The molecule has 2 saturated heterocycles. The van der Waals surface area contributed by atoms with Gasteiger partial charge in [-0.3, -0.25) is 14.5 Å². The average Bonchev–Trinajstić information content (AvgIpc) is 2.63. The molecule has 4 atom stereocenters. The standard InChI is InChI=1S/C10H15NO6/c12-3-6-10(16)9(15)5(4-17-6)11-7(13)1-2-8(11)14/h5-6,9-10,12,15-16H,1-4H2/t5-,6?,9?,10?/m1/s1. The van der Waals surface area contributed by atoms with E-state index in [0.717, 1.165) is 4.90 Å². The molecule has 2 rings (SSSR count). The molecule has 17 heavy (non-hydrogen) atoms. The molecule has 0 aromatic heterocycles. The molecule has 0 bridgehead atoms. The number of carbonyl (C=O) groups is 2. The maximum absolute atomic E-state index is 11.5. The normalized spacial score (nSPS) is 38.9. The van der Waals surface area contributed by atoms with Crippen LogP contribution in [-0.2, 0) is 14.3 Å². The van der Waals surface area contributed by atoms with E-state index in [-0.39, 0.29) is 31.3 Å². The Hall–Kier alpha value is -1.02. The number of carbonyl (C=O) groups excluding carboxylic acids is 2. The van der Waals surface area contributed by atoms with Gasteiger partial charge in [0.2, 0.25) is 11.8 Å². The van der Waals surface area contributed by atoms with Crippen molar-refractivity contribution in [3.05, 3.63) is 0 Å². The third kappa shape index (κ3) is 2.06. The second-order valence-corrected chi connectivity index (χ2v) is 4.26. The van der Waals surface area contributed by atoms with Crippen molar-refractivity contribution in [3.8, 4) is 0 Å². The topological polar surface area (TPSA) is 107 Å². The number of nitrogens with zero attached hydrogens (tertiary/aromatic N) is 1. The van der Waals surface area contributed by atoms with E-state index in [4.69, 9.17) is 9.84 Å². The fourth-order valence-corrected chi connectivity index (χ4v) is 2.22. The number of hydrogen-bond acceptors (Lipinski definition) is 6. The largest absolute Gasteiger partial charge is 0.394 e. The number of hydrogen-bond donors (Lipinski definition) is 3. The Morgan fingerprint density at radius 1 is 1.18 bits per heavy atom. The van der Waals surface area contributed by atoms with Gasteiger partial charge in [-0.25, -0.2) is 0 Å². The first-order chi connectivity index (χ1) is 8.06. The van der Waals surface area contributed by atoms with Crippen LogP contribution in [0.15, 0.2) is 0 Å². The predicted octanol–water partition coefficient (Wildman–Crippen LogP) is -2.38. The number of imide groups is 1. The summed E-state index contributed by atoms with van der Waals surface area (Å²) in [5, 5.41) is 28.4. The molecule has 2 amide bonds. The zero-order valence-corrected chi connectivity index (χ0v) is 9.15. The van der Waals surface area contributed by atoms with E-state index in [1.807, 2.05) is 0 Å². The van der Waals surface area contributed by atoms with Gasteiger partial charge in [-0.2, -0.15) is 0 Å². The zero-order chi connectivity index (χ0) is 12.6. The van der Waals surface area contributed by atoms with Gasteiger partial charge in [0.05, 0.1) is 19.3 Å². The highest BCUT2D eigenvalue weighted by Gasteiger charge is 2.46. The van der Waals surface area contributed by atoms with Crippen molar-refractivity contribution in [2.24, 2.45) is 0 Å². The lowest BCUT2D eigenvalue weighted by Gasteiger charge is -2.40. The van der Waals surface area contributed by atoms with Crippen LogP contribution < -0.4 is 0 Å². The van der Waals surface area contributed by atoms with Gasteiger partial charge < -0.3 is 20.1 Å². The molecule has 3 unspecified atom stereocenters. The van der Waals surface area contributed by atoms with Gasteiger partial charge in [0.25, 0.3) is 0 Å². The Morgan fingerprint density at radius 2 is 1.76 bits per heavy atom. The van der Waals surface area contributed by atoms with Crippen LogP contribution in [0.25, 0.3) is 0 Å². The van der Waals surface area contributed by atoms with Gasteiger partial charge in [0.1, 0.15) is 18.3 Å². The van der Waals surface area contributed by atoms with E-state index in [9.17, 15) is 19.8 Å². The summed E-state index contributed by atoms with van der Waals surface area (Å²) in [5.74, 6) is -0.727. The number of ether oxygens (including phenoxy) is 1. The van der Waals surface area contributed by atoms with Crippen LogP contribution in [0.3, 0.4) is 0 Å². The fraction of sp³-hybridized carbons (Fsp3) is 0.800. The highest BCUT2D eigenvalue weighted by Crippen LogP contribution is 2.24. The molecule has 2 aliphatic heterocycles. The van der Waals surface area contributed by atoms with Crippen LogP contribution in [0.4, 0.5) is 0 Å². The van der Waals surface area contributed by atoms with Crippen LogP contribution in [0, 0.1) is 0 Å². The molecule has 7 nitrogen and oxygen atoms in total. The van der Waals surface area contributed by atoms with Crippen molar-refractivity contribution in [3.63, 3.8) is 0 Å². The molecule has 0 aromatic carbocycles. The number of likely N-dealkylation sites (tertiary alicyclic amines) is 1. The lowest BCUT2D eigenvalue weighted by molar-refractivity contribution is -0.186. The fourth-order valence-electron chi connectivity index (χ4n) is 2.22. The summed E-state index contributed by atoms with van der Waals surface area (Å²) < 4.78 is 5.13. The minimum atomic E-state index is -1.31. The molecule has 7 heteroatoms. The Balaban J connectivity index is 2.12. The molecular formula is C10H15NO6. The van der Waals surface area contributed by atoms with E-state index in [1.54, 1.807) is 0 Å². The predicted molar refractivity (Wildman–Crippen MR) is 53.7 cm³/mol. The van der Waals surface area contributed by atoms with E-state index >= 15 is 0 Å². The Morgan fingerprint density at radius 3 is 2.29 bits per heavy atom. The van der Waals surface area contributed by atoms with Gasteiger partial charge in [0, 0.05) is 12.8 Å². The molecule has 0 aliphatic carbocycles. The summed E-state index contributed by atoms with van der Waals surface area (Å²) in [5.41, 5.74) is 0. The lowest BCUT2D eigenvalue weighted by Crippen LogP contribution is -2.61. The van der Waals surface area contributed by atoms with Crippen molar-refractivity contribution < 1.29 is 29.6 Å². The molecule has 96 valence electrons. The number of aliphatic hydroxyl groups is 3. The second kappa shape index (κ2) is 4.69. The number of amides is 2. The summed E-state index contributed by atoms with van der Waals surface area (Å²) in [6, 6.07) is -0.865. The smallest absolute Gasteiger partial charge is 0.230 e. The minimum absolute atomic E-state index is 0.0685. The van der Waals surface area contributed by atoms with Gasteiger partial charge in [-0.05, 0) is 0 Å². The van der Waals surface area contributed by atoms with Crippen LogP contribution in [0.2, 0.25) is 0 Å². The van der Waals surface area contributed by atoms with Crippen LogP contribution >= 0.6 is 0 Å².